The molecule has 7 heteroatoms. The average Bonchev–Trinajstić information content (AvgIpc) is 2.67. The number of para-hydroxylation sites is 1. The molecule has 3 rings (SSSR count). The van der Waals surface area contributed by atoms with E-state index in [2.05, 4.69) is 14.7 Å². The zero-order valence-electron chi connectivity index (χ0n) is 14.2. The van der Waals surface area contributed by atoms with Gasteiger partial charge in [0.05, 0.1) is 6.21 Å². The fraction of sp³-hybridized carbons (Fsp3) is 0. The molecule has 0 spiro atoms. The van der Waals surface area contributed by atoms with Crippen LogP contribution in [0.15, 0.2) is 95.1 Å². The topological polar surface area (TPSA) is 91.5 Å². The summed E-state index contributed by atoms with van der Waals surface area (Å²) in [6.07, 6.45) is 1.40. The second-order valence-corrected chi connectivity index (χ2v) is 6.71. The van der Waals surface area contributed by atoms with E-state index in [1.54, 1.807) is 18.2 Å². The Hall–Kier alpha value is -3.05. The van der Waals surface area contributed by atoms with E-state index in [1.807, 2.05) is 60.7 Å². The first kappa shape index (κ1) is 18.7. The maximum atomic E-state index is 11.1. The molecule has 6 nitrogen and oxygen atoms in total. The highest BCUT2D eigenvalue weighted by Gasteiger charge is 2.17. The Morgan fingerprint density at radius 3 is 1.89 bits per heavy atom. The molecule has 0 fully saturated rings. The van der Waals surface area contributed by atoms with Crippen molar-refractivity contribution < 1.29 is 18.9 Å². The maximum absolute atomic E-state index is 11.1. The predicted octanol–water partition coefficient (Wildman–Crippen LogP) is 4.03. The second-order valence-electron chi connectivity index (χ2n) is 5.54. The molecule has 0 aliphatic heterocycles. The Morgan fingerprint density at radius 1 is 0.815 bits per heavy atom. The maximum Gasteiger partial charge on any atom is 0.524 e. The number of benzene rings is 3. The van der Waals surface area contributed by atoms with Gasteiger partial charge in [-0.2, -0.15) is 5.10 Å². The van der Waals surface area contributed by atoms with Crippen molar-refractivity contribution in [1.29, 1.82) is 0 Å². The minimum Gasteiger partial charge on any atom is -0.404 e. The molecule has 0 saturated heterocycles. The van der Waals surface area contributed by atoms with Crippen LogP contribution in [0.3, 0.4) is 0 Å². The van der Waals surface area contributed by atoms with Crippen molar-refractivity contribution in [3.8, 4) is 5.75 Å². The number of phosphoric ester groups is 1. The van der Waals surface area contributed by atoms with Gasteiger partial charge in [-0.1, -0.05) is 72.8 Å². The van der Waals surface area contributed by atoms with E-state index in [0.717, 1.165) is 11.1 Å². The molecule has 0 unspecified atom stereocenters. The van der Waals surface area contributed by atoms with Crippen molar-refractivity contribution in [2.24, 2.45) is 10.2 Å². The van der Waals surface area contributed by atoms with Crippen molar-refractivity contribution in [3.63, 3.8) is 0 Å². The molecule has 0 bridgehead atoms. The summed E-state index contributed by atoms with van der Waals surface area (Å²) in [5.74, 6) is 0.0331. The Balaban J connectivity index is 1.95. The normalized spacial score (nSPS) is 11.3. The predicted molar refractivity (Wildman–Crippen MR) is 105 cm³/mol. The van der Waals surface area contributed by atoms with Crippen molar-refractivity contribution in [1.82, 2.24) is 0 Å². The van der Waals surface area contributed by atoms with Gasteiger partial charge in [0.15, 0.2) is 0 Å². The summed E-state index contributed by atoms with van der Waals surface area (Å²) < 4.78 is 15.8. The molecule has 0 radical (unpaired) electrons. The minimum atomic E-state index is -4.66. The van der Waals surface area contributed by atoms with Gasteiger partial charge >= 0.3 is 7.82 Å². The summed E-state index contributed by atoms with van der Waals surface area (Å²) in [6, 6.07) is 25.7. The standard InChI is InChI=1S/C20H17N2O4P/c23-27(24,25)26-19-14-8-7-13-18(19)15-21-22-20(16-9-3-1-4-10-16)17-11-5-2-6-12-17/h1-15H,(H2,23,24,25)/b21-15-. The molecule has 136 valence electrons. The van der Waals surface area contributed by atoms with E-state index in [0.29, 0.717) is 11.3 Å². The van der Waals surface area contributed by atoms with Crippen LogP contribution in [0, 0.1) is 0 Å². The van der Waals surface area contributed by atoms with Gasteiger partial charge in [0.1, 0.15) is 11.5 Å². The lowest BCUT2D eigenvalue weighted by atomic mass is 10.0. The lowest BCUT2D eigenvalue weighted by Crippen LogP contribution is -2.02. The molecule has 0 aromatic heterocycles. The van der Waals surface area contributed by atoms with Crippen LogP contribution in [0.25, 0.3) is 0 Å². The molecular weight excluding hydrogens is 363 g/mol. The summed E-state index contributed by atoms with van der Waals surface area (Å²) in [7, 11) is -4.66. The van der Waals surface area contributed by atoms with Gasteiger partial charge in [-0.25, -0.2) is 4.57 Å². The van der Waals surface area contributed by atoms with Gasteiger partial charge < -0.3 is 4.52 Å². The fourth-order valence-corrected chi connectivity index (χ4v) is 2.84. The highest BCUT2D eigenvalue weighted by Crippen LogP contribution is 2.38. The van der Waals surface area contributed by atoms with Crippen molar-refractivity contribution in [2.75, 3.05) is 0 Å². The summed E-state index contributed by atoms with van der Waals surface area (Å²) in [6.45, 7) is 0. The molecular formula is C20H17N2O4P. The van der Waals surface area contributed by atoms with Crippen LogP contribution >= 0.6 is 7.82 Å². The Morgan fingerprint density at radius 2 is 1.33 bits per heavy atom. The van der Waals surface area contributed by atoms with E-state index < -0.39 is 7.82 Å². The Bertz CT molecular complexity index is 957. The van der Waals surface area contributed by atoms with Gasteiger partial charge in [0, 0.05) is 16.7 Å². The number of phosphoric acid groups is 1. The SMILES string of the molecule is O=P(O)(O)Oc1ccccc1/C=N\N=C(c1ccccc1)c1ccccc1. The average molecular weight is 380 g/mol. The summed E-state index contributed by atoms with van der Waals surface area (Å²) in [5, 5.41) is 8.45. The first-order valence-corrected chi connectivity index (χ1v) is 9.62. The molecule has 0 amide bonds. The van der Waals surface area contributed by atoms with E-state index in [9.17, 15) is 4.57 Å². The number of hydrogen-bond donors (Lipinski definition) is 2. The molecule has 3 aromatic rings. The van der Waals surface area contributed by atoms with E-state index in [1.165, 1.54) is 12.3 Å². The highest BCUT2D eigenvalue weighted by molar-refractivity contribution is 7.46. The second kappa shape index (κ2) is 8.56. The van der Waals surface area contributed by atoms with Gasteiger partial charge in [0.25, 0.3) is 0 Å². The van der Waals surface area contributed by atoms with E-state index in [4.69, 9.17) is 9.79 Å². The zero-order valence-corrected chi connectivity index (χ0v) is 15.1. The molecule has 0 saturated carbocycles. The molecule has 3 aromatic carbocycles. The Labute approximate surface area is 156 Å². The zero-order chi connectivity index (χ0) is 19.1. The van der Waals surface area contributed by atoms with Gasteiger partial charge in [-0.3, -0.25) is 9.79 Å². The van der Waals surface area contributed by atoms with Crippen molar-refractivity contribution in [2.45, 2.75) is 0 Å². The quantitative estimate of drug-likeness (QED) is 0.384. The molecule has 0 aliphatic carbocycles. The van der Waals surface area contributed by atoms with Gasteiger partial charge in [-0.15, -0.1) is 5.10 Å². The molecule has 0 atom stereocenters. The first-order valence-electron chi connectivity index (χ1n) is 8.09. The summed E-state index contributed by atoms with van der Waals surface area (Å²) in [5.41, 5.74) is 2.90. The van der Waals surface area contributed by atoms with Gasteiger partial charge in [0.2, 0.25) is 0 Å². The minimum absolute atomic E-state index is 0.0331. The van der Waals surface area contributed by atoms with Crippen molar-refractivity contribution in [3.05, 3.63) is 102 Å². The lowest BCUT2D eigenvalue weighted by molar-refractivity contribution is 0.283. The van der Waals surface area contributed by atoms with Gasteiger partial charge in [-0.05, 0) is 12.1 Å². The Kier molecular flexibility index (Phi) is 5.94. The molecule has 0 aliphatic rings. The van der Waals surface area contributed by atoms with E-state index >= 15 is 0 Å². The third-order valence-corrected chi connectivity index (χ3v) is 4.02. The van der Waals surface area contributed by atoms with Crippen LogP contribution in [0.1, 0.15) is 16.7 Å². The summed E-state index contributed by atoms with van der Waals surface area (Å²) >= 11 is 0. The van der Waals surface area contributed by atoms with Crippen LogP contribution in [0.2, 0.25) is 0 Å². The van der Waals surface area contributed by atoms with E-state index in [-0.39, 0.29) is 5.75 Å². The van der Waals surface area contributed by atoms with Crippen LogP contribution in [0.5, 0.6) is 5.75 Å². The number of nitrogens with zero attached hydrogens (tertiary/aromatic N) is 2. The highest BCUT2D eigenvalue weighted by atomic mass is 31.2. The van der Waals surface area contributed by atoms with Crippen molar-refractivity contribution >= 4 is 19.7 Å². The smallest absolute Gasteiger partial charge is 0.404 e. The van der Waals surface area contributed by atoms with Crippen LogP contribution in [-0.2, 0) is 4.57 Å². The molecule has 27 heavy (non-hydrogen) atoms. The molecule has 0 heterocycles. The molecule has 2 N–H and O–H groups in total. The van der Waals surface area contributed by atoms with Crippen LogP contribution in [0.4, 0.5) is 0 Å². The fourth-order valence-electron chi connectivity index (χ4n) is 2.42. The number of hydrogen-bond acceptors (Lipinski definition) is 4. The first-order chi connectivity index (χ1) is 13.0. The summed E-state index contributed by atoms with van der Waals surface area (Å²) in [4.78, 5) is 18.0. The third-order valence-electron chi connectivity index (χ3n) is 3.59. The largest absolute Gasteiger partial charge is 0.524 e. The van der Waals surface area contributed by atoms with Crippen LogP contribution < -0.4 is 4.52 Å². The monoisotopic (exact) mass is 380 g/mol. The number of rotatable bonds is 6. The van der Waals surface area contributed by atoms with Crippen LogP contribution in [-0.4, -0.2) is 21.7 Å². The third kappa shape index (κ3) is 5.46. The lowest BCUT2D eigenvalue weighted by Gasteiger charge is -2.08.